The van der Waals surface area contributed by atoms with E-state index in [4.69, 9.17) is 0 Å². The molecule has 0 atom stereocenters. The van der Waals surface area contributed by atoms with Crippen LogP contribution in [0.2, 0.25) is 0 Å². The van der Waals surface area contributed by atoms with Crippen LogP contribution in [0.3, 0.4) is 0 Å². The zero-order chi connectivity index (χ0) is 33.1. The lowest BCUT2D eigenvalue weighted by atomic mass is 9.91. The highest BCUT2D eigenvalue weighted by Gasteiger charge is 2.28. The molecule has 2 aromatic carbocycles. The van der Waals surface area contributed by atoms with Gasteiger partial charge in [0.15, 0.2) is 17.3 Å². The second-order valence-corrected chi connectivity index (χ2v) is 13.5. The summed E-state index contributed by atoms with van der Waals surface area (Å²) in [4.78, 5) is 2.99. The summed E-state index contributed by atoms with van der Waals surface area (Å²) in [6, 6.07) is 9.95. The minimum Gasteiger partial charge on any atom is -0.628 e. The highest BCUT2D eigenvalue weighted by atomic mass is 32.2. The van der Waals surface area contributed by atoms with Crippen LogP contribution in [0.1, 0.15) is 37.7 Å². The molecule has 0 radical (unpaired) electrons. The fourth-order valence-corrected chi connectivity index (χ4v) is 5.53. The maximum atomic E-state index is 12.2. The van der Waals surface area contributed by atoms with Gasteiger partial charge < -0.3 is 15.6 Å². The van der Waals surface area contributed by atoms with Crippen molar-refractivity contribution in [2.75, 3.05) is 0 Å². The molecule has 3 heterocycles. The number of nitrogens with one attached hydrogen (secondary N) is 2. The molecule has 4 N–H and O–H groups in total. The van der Waals surface area contributed by atoms with Crippen LogP contribution < -0.4 is 5.23 Å². The van der Waals surface area contributed by atoms with E-state index in [1.807, 2.05) is 26.8 Å². The quantitative estimate of drug-likeness (QED) is 0.112. The highest BCUT2D eigenvalue weighted by Crippen LogP contribution is 2.37. The normalized spacial score (nSPS) is 12.9. The van der Waals surface area contributed by atoms with Gasteiger partial charge in [-0.3, -0.25) is 14.2 Å². The molecule has 0 aliphatic heterocycles. The van der Waals surface area contributed by atoms with Crippen molar-refractivity contribution in [2.24, 2.45) is 10.2 Å². The van der Waals surface area contributed by atoms with E-state index >= 15 is 0 Å². The molecule has 0 aliphatic carbocycles. The van der Waals surface area contributed by atoms with Crippen LogP contribution in [-0.4, -0.2) is 55.5 Å². The Hall–Kier alpha value is -4.88. The number of nitriles is 1. The number of quaternary nitrogens is 1. The fraction of sp³-hybridized carbons (Fsp3) is 0.200. The summed E-state index contributed by atoms with van der Waals surface area (Å²) in [5, 5.41) is 51.4. The fourth-order valence-electron chi connectivity index (χ4n) is 4.38. The van der Waals surface area contributed by atoms with Crippen molar-refractivity contribution in [3.05, 3.63) is 69.8 Å². The van der Waals surface area contributed by atoms with Gasteiger partial charge in [0.25, 0.3) is 20.2 Å². The van der Waals surface area contributed by atoms with Crippen molar-refractivity contribution in [3.8, 4) is 23.1 Å². The van der Waals surface area contributed by atoms with Gasteiger partial charge in [-0.1, -0.05) is 32.9 Å². The number of hydrogen-bond acceptors (Lipinski definition) is 12. The van der Waals surface area contributed by atoms with Crippen LogP contribution >= 0.6 is 0 Å². The Balaban J connectivity index is 1.74. The van der Waals surface area contributed by atoms with Gasteiger partial charge >= 0.3 is 0 Å². The molecule has 0 aliphatic rings. The summed E-state index contributed by atoms with van der Waals surface area (Å²) in [5.74, 6) is -0.201. The zero-order valence-electron chi connectivity index (χ0n) is 23.8. The maximum Gasteiger partial charge on any atom is 0.296 e. The molecule has 18 nitrogen and oxygen atoms in total. The molecule has 0 spiro atoms. The zero-order valence-corrected chi connectivity index (χ0v) is 25.4. The topological polar surface area (TPSA) is 272 Å². The highest BCUT2D eigenvalue weighted by molar-refractivity contribution is 7.86. The molecule has 0 saturated carbocycles. The molecule has 20 heteroatoms. The van der Waals surface area contributed by atoms with E-state index in [9.17, 15) is 41.6 Å². The molecular weight excluding hydrogens is 632 g/mol. The Labute approximate surface area is 254 Å². The third kappa shape index (κ3) is 5.96. The summed E-state index contributed by atoms with van der Waals surface area (Å²) < 4.78 is 69.7. The Bertz CT molecular complexity index is 2270. The number of azo groups is 1. The average Bonchev–Trinajstić information content (AvgIpc) is 3.61. The lowest BCUT2D eigenvalue weighted by Gasteiger charge is -2.24. The second kappa shape index (κ2) is 10.9. The van der Waals surface area contributed by atoms with Crippen molar-refractivity contribution in [2.45, 2.75) is 42.9 Å². The van der Waals surface area contributed by atoms with E-state index in [0.29, 0.717) is 11.3 Å². The Morgan fingerprint density at radius 2 is 1.73 bits per heavy atom. The molecule has 234 valence electrons. The van der Waals surface area contributed by atoms with E-state index in [2.05, 4.69) is 30.5 Å². The number of benzene rings is 2. The summed E-state index contributed by atoms with van der Waals surface area (Å²) in [6.07, 6.45) is 0. The van der Waals surface area contributed by atoms with Crippen molar-refractivity contribution >= 4 is 43.1 Å². The third-order valence-electron chi connectivity index (χ3n) is 6.51. The number of H-pyrrole nitrogens is 1. The van der Waals surface area contributed by atoms with Gasteiger partial charge in [-0.15, -0.1) is 15.3 Å². The molecule has 5 aromatic rings. The number of aryl methyl sites for hydroxylation is 1. The lowest BCUT2D eigenvalue weighted by molar-refractivity contribution is -0.715. The van der Waals surface area contributed by atoms with Crippen molar-refractivity contribution in [1.29, 1.82) is 5.26 Å². The Kier molecular flexibility index (Phi) is 7.66. The van der Waals surface area contributed by atoms with Crippen LogP contribution in [0.5, 0.6) is 0 Å². The smallest absolute Gasteiger partial charge is 0.296 e. The molecule has 0 amide bonds. The first-order valence-corrected chi connectivity index (χ1v) is 15.6. The van der Waals surface area contributed by atoms with Crippen molar-refractivity contribution in [3.63, 3.8) is 0 Å². The minimum absolute atomic E-state index is 0.0535. The number of aromatic nitrogens is 6. The third-order valence-corrected chi connectivity index (χ3v) is 8.26. The van der Waals surface area contributed by atoms with E-state index in [-0.39, 0.29) is 39.9 Å². The van der Waals surface area contributed by atoms with Crippen LogP contribution in [-0.2, 0) is 25.7 Å². The van der Waals surface area contributed by atoms with E-state index in [1.165, 1.54) is 29.8 Å². The summed E-state index contributed by atoms with van der Waals surface area (Å²) >= 11 is 0. The minimum atomic E-state index is -4.98. The first kappa shape index (κ1) is 31.5. The maximum absolute atomic E-state index is 12.2. The monoisotopic (exact) mass is 655 g/mol. The number of rotatable bonds is 7. The van der Waals surface area contributed by atoms with Crippen LogP contribution in [0, 0.1) is 28.7 Å². The summed E-state index contributed by atoms with van der Waals surface area (Å²) in [5.41, 5.74) is -0.174. The average molecular weight is 656 g/mol. The number of aromatic amines is 1. The summed E-state index contributed by atoms with van der Waals surface area (Å²) in [7, 11) is -9.81. The predicted octanol–water partition coefficient (Wildman–Crippen LogP) is 2.81. The second-order valence-electron chi connectivity index (χ2n) is 10.7. The standard InChI is InChI=1S/C25H23N10O8S2/c1-13-17(12-26)23(33(30-13)18-11-16(44(38,39)40)8-9-19(18)45(41,42)43)29-28-20-21(25(2,3)4)31-34-24(20)27-22(32-34)14-6-5-7-15(10-14)35(36)37/h5-11,31,35H,1-4H3,(H,38,39,40)(H,41,42,43)/q-1. The molecule has 0 bridgehead atoms. The molecule has 3 aromatic heterocycles. The molecule has 5 rings (SSSR count). The van der Waals surface area contributed by atoms with Gasteiger partial charge in [0.1, 0.15) is 22.2 Å². The van der Waals surface area contributed by atoms with Gasteiger partial charge in [0, 0.05) is 17.0 Å². The van der Waals surface area contributed by atoms with Crippen LogP contribution in [0.15, 0.2) is 62.5 Å². The largest absolute Gasteiger partial charge is 0.628 e. The Morgan fingerprint density at radius 1 is 1.02 bits per heavy atom. The van der Waals surface area contributed by atoms with Crippen LogP contribution in [0.4, 0.5) is 17.2 Å². The number of fused-ring (bicyclic) bond motifs is 1. The van der Waals surface area contributed by atoms with Crippen LogP contribution in [0.25, 0.3) is 22.7 Å². The lowest BCUT2D eigenvalue weighted by Crippen LogP contribution is -2.96. The molecular formula is C25H23N10O8S2-. The molecule has 45 heavy (non-hydrogen) atoms. The number of hydrogen-bond donors (Lipinski definition) is 4. The van der Waals surface area contributed by atoms with Gasteiger partial charge in [0.05, 0.1) is 22.0 Å². The first-order valence-electron chi connectivity index (χ1n) is 12.7. The summed E-state index contributed by atoms with van der Waals surface area (Å²) in [6.45, 7) is 6.98. The van der Waals surface area contributed by atoms with Crippen molar-refractivity contribution < 1.29 is 31.2 Å². The van der Waals surface area contributed by atoms with Gasteiger partial charge in [0.2, 0.25) is 5.65 Å². The molecule has 0 fully saturated rings. The van der Waals surface area contributed by atoms with Gasteiger partial charge in [-0.05, 0) is 31.2 Å². The van der Waals surface area contributed by atoms with Gasteiger partial charge in [-0.2, -0.15) is 31.8 Å². The van der Waals surface area contributed by atoms with E-state index < -0.39 is 46.4 Å². The predicted molar refractivity (Wildman–Crippen MR) is 156 cm³/mol. The molecule has 0 saturated heterocycles. The van der Waals surface area contributed by atoms with E-state index in [1.54, 1.807) is 6.07 Å². The van der Waals surface area contributed by atoms with E-state index in [0.717, 1.165) is 22.9 Å². The van der Waals surface area contributed by atoms with Gasteiger partial charge in [-0.25, -0.2) is 9.67 Å². The number of nitrogens with zero attached hydrogens (tertiary/aromatic N) is 8. The Morgan fingerprint density at radius 3 is 2.33 bits per heavy atom. The first-order chi connectivity index (χ1) is 20.9. The van der Waals surface area contributed by atoms with Crippen molar-refractivity contribution in [1.82, 2.24) is 29.6 Å². The SMILES string of the molecule is Cc1nn(-c2cc(S(=O)(=O)O)ccc2S(=O)(=O)O)c(N=Nc2c(C(C)(C)C)[nH]n3nc(-c4cccc([NH+]([O-])[O-])c4)nc23)c1C#N. The molecule has 0 unspecified atom stereocenters.